The third-order valence-electron chi connectivity index (χ3n) is 3.37. The molecule has 0 aromatic heterocycles. The molecule has 106 valence electrons. The van der Waals surface area contributed by atoms with Crippen LogP contribution in [0.2, 0.25) is 0 Å². The molecule has 19 heavy (non-hydrogen) atoms. The van der Waals surface area contributed by atoms with Gasteiger partial charge < -0.3 is 5.73 Å². The highest BCUT2D eigenvalue weighted by molar-refractivity contribution is 7.89. The van der Waals surface area contributed by atoms with Crippen molar-refractivity contribution in [3.05, 3.63) is 24.0 Å². The van der Waals surface area contributed by atoms with Crippen LogP contribution >= 0.6 is 0 Å². The van der Waals surface area contributed by atoms with Gasteiger partial charge in [-0.15, -0.1) is 0 Å². The second-order valence-electron chi connectivity index (χ2n) is 5.49. The lowest BCUT2D eigenvalue weighted by atomic mass is 9.94. The summed E-state index contributed by atoms with van der Waals surface area (Å²) in [5, 5.41) is 0. The number of nitrogens with zero attached hydrogens (tertiary/aromatic N) is 1. The third kappa shape index (κ3) is 3.06. The van der Waals surface area contributed by atoms with E-state index in [9.17, 15) is 12.8 Å². The van der Waals surface area contributed by atoms with Gasteiger partial charge in [0, 0.05) is 18.8 Å². The second-order valence-corrected chi connectivity index (χ2v) is 7.43. The lowest BCUT2D eigenvalue weighted by Crippen LogP contribution is -2.42. The van der Waals surface area contributed by atoms with Crippen LogP contribution in [0.1, 0.15) is 20.3 Å². The van der Waals surface area contributed by atoms with Gasteiger partial charge in [0.25, 0.3) is 0 Å². The molecule has 1 aliphatic heterocycles. The zero-order valence-corrected chi connectivity index (χ0v) is 12.0. The van der Waals surface area contributed by atoms with E-state index in [1.54, 1.807) is 0 Å². The highest BCUT2D eigenvalue weighted by Gasteiger charge is 2.31. The second kappa shape index (κ2) is 5.09. The maximum Gasteiger partial charge on any atom is 0.243 e. The largest absolute Gasteiger partial charge is 0.399 e. The topological polar surface area (TPSA) is 63.4 Å². The maximum absolute atomic E-state index is 13.3. The molecule has 1 aromatic carbocycles. The quantitative estimate of drug-likeness (QED) is 0.847. The van der Waals surface area contributed by atoms with Gasteiger partial charge in [-0.2, -0.15) is 4.31 Å². The van der Waals surface area contributed by atoms with Gasteiger partial charge in [-0.05, 0) is 36.5 Å². The molecule has 2 N–H and O–H groups in total. The van der Waals surface area contributed by atoms with E-state index < -0.39 is 15.8 Å². The molecule has 1 heterocycles. The van der Waals surface area contributed by atoms with Crippen molar-refractivity contribution in [2.75, 3.05) is 18.8 Å². The average molecular weight is 286 g/mol. The van der Waals surface area contributed by atoms with E-state index in [0.29, 0.717) is 24.9 Å². The Kier molecular flexibility index (Phi) is 3.82. The molecule has 2 rings (SSSR count). The summed E-state index contributed by atoms with van der Waals surface area (Å²) in [6, 6.07) is 3.44. The fraction of sp³-hybridized carbons (Fsp3) is 0.538. The molecule has 1 aliphatic rings. The molecule has 2 unspecified atom stereocenters. The standard InChI is InChI=1S/C13H19FN2O2S/c1-9-3-10(2)8-16(7-9)19(17,18)13-5-11(14)4-12(15)6-13/h4-6,9-10H,3,7-8,15H2,1-2H3. The average Bonchev–Trinajstić information content (AvgIpc) is 2.26. The summed E-state index contributed by atoms with van der Waals surface area (Å²) in [5.41, 5.74) is 5.64. The fourth-order valence-corrected chi connectivity index (χ4v) is 4.43. The number of nitrogens with two attached hydrogens (primary N) is 1. The van der Waals surface area contributed by atoms with Crippen LogP contribution in [0.5, 0.6) is 0 Å². The van der Waals surface area contributed by atoms with Crippen LogP contribution in [0.3, 0.4) is 0 Å². The van der Waals surface area contributed by atoms with E-state index in [1.165, 1.54) is 10.4 Å². The fourth-order valence-electron chi connectivity index (χ4n) is 2.68. The summed E-state index contributed by atoms with van der Waals surface area (Å²) < 4.78 is 39.7. The van der Waals surface area contributed by atoms with Crippen LogP contribution in [-0.2, 0) is 10.0 Å². The summed E-state index contributed by atoms with van der Waals surface area (Å²) in [4.78, 5) is -0.0636. The first-order valence-electron chi connectivity index (χ1n) is 6.35. The summed E-state index contributed by atoms with van der Waals surface area (Å²) >= 11 is 0. The number of hydrogen-bond donors (Lipinski definition) is 1. The highest BCUT2D eigenvalue weighted by Crippen LogP contribution is 2.27. The molecule has 6 heteroatoms. The van der Waals surface area contributed by atoms with Crippen LogP contribution in [0.4, 0.5) is 10.1 Å². The van der Waals surface area contributed by atoms with Crippen LogP contribution in [-0.4, -0.2) is 25.8 Å². The summed E-state index contributed by atoms with van der Waals surface area (Å²) in [5.74, 6) is -0.00876. The van der Waals surface area contributed by atoms with E-state index in [-0.39, 0.29) is 10.6 Å². The molecule has 0 aliphatic carbocycles. The number of piperidine rings is 1. The highest BCUT2D eigenvalue weighted by atomic mass is 32.2. The van der Waals surface area contributed by atoms with Gasteiger partial charge in [0.05, 0.1) is 4.90 Å². The number of halogens is 1. The Morgan fingerprint density at radius 3 is 2.32 bits per heavy atom. The van der Waals surface area contributed by atoms with Gasteiger partial charge in [0.1, 0.15) is 5.82 Å². The zero-order chi connectivity index (χ0) is 14.2. The predicted octanol–water partition coefficient (Wildman–Crippen LogP) is 2.07. The van der Waals surface area contributed by atoms with E-state index >= 15 is 0 Å². The molecule has 1 saturated heterocycles. The minimum atomic E-state index is -3.66. The monoisotopic (exact) mass is 286 g/mol. The number of hydrogen-bond acceptors (Lipinski definition) is 3. The Hall–Kier alpha value is -1.14. The first-order valence-corrected chi connectivity index (χ1v) is 7.79. The van der Waals surface area contributed by atoms with Gasteiger partial charge in [-0.25, -0.2) is 12.8 Å². The van der Waals surface area contributed by atoms with Gasteiger partial charge in [0.2, 0.25) is 10.0 Å². The molecular formula is C13H19FN2O2S. The third-order valence-corrected chi connectivity index (χ3v) is 5.18. The number of nitrogen functional groups attached to an aromatic ring is 1. The van der Waals surface area contributed by atoms with Crippen molar-refractivity contribution in [2.24, 2.45) is 11.8 Å². The van der Waals surface area contributed by atoms with Crippen molar-refractivity contribution in [3.63, 3.8) is 0 Å². The van der Waals surface area contributed by atoms with E-state index in [0.717, 1.165) is 18.6 Å². The van der Waals surface area contributed by atoms with Crippen LogP contribution in [0.15, 0.2) is 23.1 Å². The van der Waals surface area contributed by atoms with Crippen LogP contribution < -0.4 is 5.73 Å². The maximum atomic E-state index is 13.3. The first kappa shape index (κ1) is 14.3. The summed E-state index contributed by atoms with van der Waals surface area (Å²) in [6.07, 6.45) is 1.01. The van der Waals surface area contributed by atoms with E-state index in [4.69, 9.17) is 5.73 Å². The molecule has 0 bridgehead atoms. The van der Waals surface area contributed by atoms with Crippen molar-refractivity contribution in [1.29, 1.82) is 0 Å². The van der Waals surface area contributed by atoms with E-state index in [2.05, 4.69) is 0 Å². The number of anilines is 1. The zero-order valence-electron chi connectivity index (χ0n) is 11.1. The van der Waals surface area contributed by atoms with Crippen LogP contribution in [0, 0.1) is 17.7 Å². The Morgan fingerprint density at radius 1 is 1.21 bits per heavy atom. The van der Waals surface area contributed by atoms with Crippen molar-refractivity contribution in [2.45, 2.75) is 25.2 Å². The minimum Gasteiger partial charge on any atom is -0.399 e. The minimum absolute atomic E-state index is 0.0636. The Labute approximate surface area is 113 Å². The summed E-state index contributed by atoms with van der Waals surface area (Å²) in [6.45, 7) is 5.00. The molecule has 0 saturated carbocycles. The van der Waals surface area contributed by atoms with Crippen molar-refractivity contribution < 1.29 is 12.8 Å². The Bertz CT molecular complexity index is 544. The van der Waals surface area contributed by atoms with Gasteiger partial charge >= 0.3 is 0 Å². The Balaban J connectivity index is 2.36. The molecule has 1 fully saturated rings. The van der Waals surface area contributed by atoms with Crippen molar-refractivity contribution in [1.82, 2.24) is 4.31 Å². The summed E-state index contributed by atoms with van der Waals surface area (Å²) in [7, 11) is -3.66. The van der Waals surface area contributed by atoms with Gasteiger partial charge in [0.15, 0.2) is 0 Å². The molecule has 0 amide bonds. The van der Waals surface area contributed by atoms with E-state index in [1.807, 2.05) is 13.8 Å². The molecule has 0 spiro atoms. The molecule has 0 radical (unpaired) electrons. The number of rotatable bonds is 2. The Morgan fingerprint density at radius 2 is 1.79 bits per heavy atom. The molecule has 1 aromatic rings. The molecule has 4 nitrogen and oxygen atoms in total. The molecule has 2 atom stereocenters. The number of benzene rings is 1. The van der Waals surface area contributed by atoms with Crippen molar-refractivity contribution >= 4 is 15.7 Å². The number of sulfonamides is 1. The normalized spacial score (nSPS) is 25.4. The lowest BCUT2D eigenvalue weighted by molar-refractivity contribution is 0.222. The first-order chi connectivity index (χ1) is 8.79. The van der Waals surface area contributed by atoms with Gasteiger partial charge in [-0.1, -0.05) is 13.8 Å². The lowest BCUT2D eigenvalue weighted by Gasteiger charge is -2.34. The SMILES string of the molecule is CC1CC(C)CN(S(=O)(=O)c2cc(N)cc(F)c2)C1. The predicted molar refractivity (Wildman–Crippen MR) is 72.5 cm³/mol. The molecular weight excluding hydrogens is 267 g/mol. The van der Waals surface area contributed by atoms with Crippen LogP contribution in [0.25, 0.3) is 0 Å². The van der Waals surface area contributed by atoms with Crippen molar-refractivity contribution in [3.8, 4) is 0 Å². The van der Waals surface area contributed by atoms with Gasteiger partial charge in [-0.3, -0.25) is 0 Å². The smallest absolute Gasteiger partial charge is 0.243 e.